The van der Waals surface area contributed by atoms with E-state index in [-0.39, 0.29) is 5.56 Å². The molecule has 0 aromatic heterocycles. The summed E-state index contributed by atoms with van der Waals surface area (Å²) in [6.45, 7) is 1.25. The maximum atomic E-state index is 13.2. The van der Waals surface area contributed by atoms with Crippen LogP contribution in [0.1, 0.15) is 5.56 Å². The predicted molar refractivity (Wildman–Crippen MR) is 50.8 cm³/mol. The first-order valence-electron chi connectivity index (χ1n) is 4.58. The Morgan fingerprint density at radius 1 is 1.17 bits per heavy atom. The molecule has 0 heterocycles. The molecule has 0 aliphatic carbocycles. The zero-order valence-corrected chi connectivity index (χ0v) is 8.91. The van der Waals surface area contributed by atoms with Crippen LogP contribution >= 0.6 is 0 Å². The summed E-state index contributed by atoms with van der Waals surface area (Å²) < 4.78 is 74.0. The molecule has 18 heavy (non-hydrogen) atoms. The van der Waals surface area contributed by atoms with Gasteiger partial charge in [-0.2, -0.15) is 22.0 Å². The zero-order valence-electron chi connectivity index (χ0n) is 8.91. The van der Waals surface area contributed by atoms with Gasteiger partial charge in [0, 0.05) is 0 Å². The lowest BCUT2D eigenvalue weighted by Crippen LogP contribution is -2.47. The van der Waals surface area contributed by atoms with Crippen LogP contribution in [0.2, 0.25) is 0 Å². The molecule has 0 radical (unpaired) electrons. The number of amides is 1. The van der Waals surface area contributed by atoms with Crippen LogP contribution in [0, 0.1) is 12.7 Å². The Labute approximate surface area is 97.6 Å². The first kappa shape index (κ1) is 14.3. The van der Waals surface area contributed by atoms with Crippen molar-refractivity contribution in [1.82, 2.24) is 0 Å². The highest BCUT2D eigenvalue weighted by Gasteiger charge is 2.63. The number of para-hydroxylation sites is 1. The summed E-state index contributed by atoms with van der Waals surface area (Å²) in [5.74, 6) is -9.30. The van der Waals surface area contributed by atoms with Crippen molar-refractivity contribution in [3.05, 3.63) is 29.6 Å². The van der Waals surface area contributed by atoms with Gasteiger partial charge < -0.3 is 5.32 Å². The maximum Gasteiger partial charge on any atom is 0.463 e. The Morgan fingerprint density at radius 3 is 2.17 bits per heavy atom. The van der Waals surface area contributed by atoms with Crippen molar-refractivity contribution in [3.63, 3.8) is 0 Å². The standard InChI is InChI=1S/C10H7F6NO/c1-5-3-2-4-6(11)7(5)17-8(18)9(12,13)10(14,15)16/h2-4H,1H3,(H,17,18). The minimum absolute atomic E-state index is 0.0290. The zero-order chi connectivity index (χ0) is 14.1. The molecule has 0 saturated carbocycles. The van der Waals surface area contributed by atoms with Crippen molar-refractivity contribution in [3.8, 4) is 0 Å². The van der Waals surface area contributed by atoms with Gasteiger partial charge in [0.2, 0.25) is 0 Å². The SMILES string of the molecule is Cc1cccc(F)c1NC(=O)C(F)(F)C(F)(F)F. The van der Waals surface area contributed by atoms with Crippen LogP contribution in [0.3, 0.4) is 0 Å². The van der Waals surface area contributed by atoms with Crippen molar-refractivity contribution < 1.29 is 31.1 Å². The van der Waals surface area contributed by atoms with E-state index in [1.807, 2.05) is 0 Å². The summed E-state index contributed by atoms with van der Waals surface area (Å²) in [5.41, 5.74) is -0.673. The number of hydrogen-bond acceptors (Lipinski definition) is 1. The van der Waals surface area contributed by atoms with Gasteiger partial charge in [-0.05, 0) is 18.6 Å². The molecule has 0 saturated heterocycles. The predicted octanol–water partition coefficient (Wildman–Crippen LogP) is 3.27. The average Bonchev–Trinajstić information content (AvgIpc) is 2.21. The van der Waals surface area contributed by atoms with Gasteiger partial charge in [0.15, 0.2) is 0 Å². The van der Waals surface area contributed by atoms with Crippen molar-refractivity contribution in [2.45, 2.75) is 19.0 Å². The lowest BCUT2D eigenvalue weighted by atomic mass is 10.2. The molecule has 1 amide bonds. The van der Waals surface area contributed by atoms with Crippen LogP contribution in [0.4, 0.5) is 32.0 Å². The molecule has 1 aromatic carbocycles. The summed E-state index contributed by atoms with van der Waals surface area (Å²) in [4.78, 5) is 10.8. The summed E-state index contributed by atoms with van der Waals surface area (Å²) in [7, 11) is 0. The lowest BCUT2D eigenvalue weighted by molar-refractivity contribution is -0.267. The van der Waals surface area contributed by atoms with Crippen LogP contribution in [0.5, 0.6) is 0 Å². The molecule has 8 heteroatoms. The summed E-state index contributed by atoms with van der Waals surface area (Å²) in [5, 5.41) is 1.24. The van der Waals surface area contributed by atoms with Gasteiger partial charge in [0.1, 0.15) is 5.82 Å². The van der Waals surface area contributed by atoms with Crippen LogP contribution < -0.4 is 5.32 Å². The molecule has 1 N–H and O–H groups in total. The van der Waals surface area contributed by atoms with Crippen molar-refractivity contribution >= 4 is 11.6 Å². The third-order valence-electron chi connectivity index (χ3n) is 2.10. The molecule has 0 fully saturated rings. The van der Waals surface area contributed by atoms with Gasteiger partial charge in [-0.3, -0.25) is 4.79 Å². The average molecular weight is 271 g/mol. The van der Waals surface area contributed by atoms with E-state index in [9.17, 15) is 31.1 Å². The molecule has 2 nitrogen and oxygen atoms in total. The van der Waals surface area contributed by atoms with E-state index < -0.39 is 29.5 Å². The number of anilines is 1. The van der Waals surface area contributed by atoms with Gasteiger partial charge in [0.05, 0.1) is 5.69 Å². The fourth-order valence-electron chi connectivity index (χ4n) is 1.11. The van der Waals surface area contributed by atoms with E-state index >= 15 is 0 Å². The van der Waals surface area contributed by atoms with E-state index in [1.54, 1.807) is 0 Å². The number of carbonyl (C=O) groups is 1. The van der Waals surface area contributed by atoms with Crippen molar-refractivity contribution in [2.24, 2.45) is 0 Å². The fourth-order valence-corrected chi connectivity index (χ4v) is 1.11. The number of benzene rings is 1. The van der Waals surface area contributed by atoms with Crippen LogP contribution in [0.15, 0.2) is 18.2 Å². The van der Waals surface area contributed by atoms with Crippen LogP contribution in [-0.4, -0.2) is 18.0 Å². The van der Waals surface area contributed by atoms with E-state index in [0.29, 0.717) is 0 Å². The van der Waals surface area contributed by atoms with E-state index in [0.717, 1.165) is 6.07 Å². The number of nitrogens with one attached hydrogen (secondary N) is 1. The fraction of sp³-hybridized carbons (Fsp3) is 0.300. The second-order valence-electron chi connectivity index (χ2n) is 3.46. The minimum Gasteiger partial charge on any atom is -0.318 e. The van der Waals surface area contributed by atoms with Gasteiger partial charge in [-0.15, -0.1) is 0 Å². The number of hydrogen-bond donors (Lipinski definition) is 1. The van der Waals surface area contributed by atoms with Crippen molar-refractivity contribution in [2.75, 3.05) is 5.32 Å². The van der Waals surface area contributed by atoms with Crippen LogP contribution in [-0.2, 0) is 4.79 Å². The Hall–Kier alpha value is -1.73. The molecule has 0 atom stereocenters. The number of aryl methyl sites for hydroxylation is 1. The van der Waals surface area contributed by atoms with Gasteiger partial charge in [-0.1, -0.05) is 12.1 Å². The number of rotatable bonds is 2. The van der Waals surface area contributed by atoms with E-state index in [1.165, 1.54) is 24.4 Å². The Balaban J connectivity index is 3.03. The topological polar surface area (TPSA) is 29.1 Å². The van der Waals surface area contributed by atoms with E-state index in [4.69, 9.17) is 0 Å². The molecule has 0 aliphatic rings. The smallest absolute Gasteiger partial charge is 0.318 e. The summed E-state index contributed by atoms with van der Waals surface area (Å²) in [6.07, 6.45) is -6.03. The molecular weight excluding hydrogens is 264 g/mol. The Bertz CT molecular complexity index is 448. The van der Waals surface area contributed by atoms with Gasteiger partial charge in [0.25, 0.3) is 0 Å². The van der Waals surface area contributed by atoms with Crippen molar-refractivity contribution in [1.29, 1.82) is 0 Å². The number of carbonyl (C=O) groups excluding carboxylic acids is 1. The second-order valence-corrected chi connectivity index (χ2v) is 3.46. The molecule has 1 rings (SSSR count). The molecule has 0 spiro atoms. The summed E-state index contributed by atoms with van der Waals surface area (Å²) in [6, 6.07) is 3.31. The Morgan fingerprint density at radius 2 is 1.72 bits per heavy atom. The second kappa shape index (κ2) is 4.51. The molecular formula is C10H7F6NO. The number of halogens is 6. The van der Waals surface area contributed by atoms with Crippen LogP contribution in [0.25, 0.3) is 0 Å². The van der Waals surface area contributed by atoms with E-state index in [2.05, 4.69) is 0 Å². The monoisotopic (exact) mass is 271 g/mol. The molecule has 0 unspecified atom stereocenters. The highest BCUT2D eigenvalue weighted by Crippen LogP contribution is 2.36. The normalized spacial score (nSPS) is 12.4. The minimum atomic E-state index is -6.03. The quantitative estimate of drug-likeness (QED) is 0.822. The van der Waals surface area contributed by atoms with Gasteiger partial charge in [-0.25, -0.2) is 4.39 Å². The number of alkyl halides is 5. The third-order valence-corrected chi connectivity index (χ3v) is 2.10. The van der Waals surface area contributed by atoms with Gasteiger partial charge >= 0.3 is 18.0 Å². The summed E-state index contributed by atoms with van der Waals surface area (Å²) >= 11 is 0. The first-order valence-corrected chi connectivity index (χ1v) is 4.58. The molecule has 1 aromatic rings. The largest absolute Gasteiger partial charge is 0.463 e. The first-order chi connectivity index (χ1) is 8.07. The Kier molecular flexibility index (Phi) is 3.59. The third kappa shape index (κ3) is 2.57. The maximum absolute atomic E-state index is 13.2. The molecule has 0 bridgehead atoms. The lowest BCUT2D eigenvalue weighted by Gasteiger charge is -2.19. The molecule has 0 aliphatic heterocycles. The highest BCUT2D eigenvalue weighted by atomic mass is 19.4. The molecule has 100 valence electrons. The highest BCUT2D eigenvalue weighted by molar-refractivity contribution is 5.97.